The molecular formula is C12H18N8S. The molecule has 0 atom stereocenters. The zero-order valence-corrected chi connectivity index (χ0v) is 12.4. The summed E-state index contributed by atoms with van der Waals surface area (Å²) in [4.78, 5) is 19.4. The first-order chi connectivity index (χ1) is 10.3. The zero-order chi connectivity index (χ0) is 14.5. The second-order valence-corrected chi connectivity index (χ2v) is 5.73. The second kappa shape index (κ2) is 6.64. The van der Waals surface area contributed by atoms with Gasteiger partial charge in [-0.15, -0.1) is 11.3 Å². The second-order valence-electron chi connectivity index (χ2n) is 4.75. The molecule has 3 rings (SSSR count). The van der Waals surface area contributed by atoms with E-state index in [2.05, 4.69) is 35.6 Å². The minimum Gasteiger partial charge on any atom is -0.348 e. The molecule has 4 N–H and O–H groups in total. The van der Waals surface area contributed by atoms with Crippen molar-refractivity contribution in [3.63, 3.8) is 0 Å². The summed E-state index contributed by atoms with van der Waals surface area (Å²) < 4.78 is 0. The van der Waals surface area contributed by atoms with Crippen molar-refractivity contribution >= 4 is 29.2 Å². The molecule has 3 heterocycles. The quantitative estimate of drug-likeness (QED) is 0.559. The van der Waals surface area contributed by atoms with Crippen LogP contribution in [0.1, 0.15) is 24.3 Å². The van der Waals surface area contributed by atoms with E-state index >= 15 is 0 Å². The monoisotopic (exact) mass is 306 g/mol. The smallest absolute Gasteiger partial charge is 0.243 e. The third kappa shape index (κ3) is 3.56. The Morgan fingerprint density at radius 2 is 1.95 bits per heavy atom. The fourth-order valence-corrected chi connectivity index (χ4v) is 2.79. The third-order valence-corrected chi connectivity index (χ3v) is 4.05. The lowest BCUT2D eigenvalue weighted by molar-refractivity contribution is 0.568. The Balaban J connectivity index is 1.75. The number of piperidine rings is 1. The van der Waals surface area contributed by atoms with Crippen LogP contribution >= 0.6 is 11.3 Å². The number of nitrogen functional groups attached to an aromatic ring is 1. The summed E-state index contributed by atoms with van der Waals surface area (Å²) >= 11 is 1.59. The number of nitrogens with one attached hydrogen (secondary N) is 2. The number of nitrogens with zero attached hydrogens (tertiary/aromatic N) is 5. The van der Waals surface area contributed by atoms with Crippen LogP contribution in [0.5, 0.6) is 0 Å². The Labute approximate surface area is 126 Å². The molecular weight excluding hydrogens is 288 g/mol. The summed E-state index contributed by atoms with van der Waals surface area (Å²) in [5.41, 5.74) is 2.50. The van der Waals surface area contributed by atoms with Gasteiger partial charge < -0.3 is 10.2 Å². The minimum absolute atomic E-state index is 0.368. The maximum atomic E-state index is 5.45. The highest BCUT2D eigenvalue weighted by molar-refractivity contribution is 7.09. The van der Waals surface area contributed by atoms with Gasteiger partial charge in [0.05, 0.1) is 6.54 Å². The van der Waals surface area contributed by atoms with Crippen molar-refractivity contribution in [1.29, 1.82) is 0 Å². The molecule has 0 radical (unpaired) electrons. The SMILES string of the molecule is NNc1nc(NCc2nccs2)nc(N2CCCCC2)n1. The van der Waals surface area contributed by atoms with Crippen molar-refractivity contribution in [2.24, 2.45) is 5.84 Å². The van der Waals surface area contributed by atoms with E-state index in [-0.39, 0.29) is 0 Å². The van der Waals surface area contributed by atoms with Gasteiger partial charge in [-0.25, -0.2) is 10.8 Å². The number of hydrogen-bond acceptors (Lipinski definition) is 9. The van der Waals surface area contributed by atoms with Crippen molar-refractivity contribution < 1.29 is 0 Å². The van der Waals surface area contributed by atoms with Crippen LogP contribution in [-0.2, 0) is 6.54 Å². The summed E-state index contributed by atoms with van der Waals surface area (Å²) in [5, 5.41) is 6.09. The Morgan fingerprint density at radius 3 is 2.67 bits per heavy atom. The molecule has 0 amide bonds. The van der Waals surface area contributed by atoms with Gasteiger partial charge >= 0.3 is 0 Å². The predicted molar refractivity (Wildman–Crippen MR) is 83.1 cm³/mol. The highest BCUT2D eigenvalue weighted by atomic mass is 32.1. The maximum Gasteiger partial charge on any atom is 0.243 e. The van der Waals surface area contributed by atoms with Gasteiger partial charge in [0, 0.05) is 24.7 Å². The fourth-order valence-electron chi connectivity index (χ4n) is 2.24. The van der Waals surface area contributed by atoms with Crippen LogP contribution in [0.15, 0.2) is 11.6 Å². The van der Waals surface area contributed by atoms with Crippen LogP contribution < -0.4 is 21.5 Å². The zero-order valence-electron chi connectivity index (χ0n) is 11.6. The third-order valence-electron chi connectivity index (χ3n) is 3.27. The fraction of sp³-hybridized carbons (Fsp3) is 0.500. The van der Waals surface area contributed by atoms with Gasteiger partial charge in [-0.2, -0.15) is 15.0 Å². The molecule has 9 heteroatoms. The number of anilines is 3. The first-order valence-electron chi connectivity index (χ1n) is 6.95. The first-order valence-corrected chi connectivity index (χ1v) is 7.83. The Morgan fingerprint density at radius 1 is 1.14 bits per heavy atom. The maximum absolute atomic E-state index is 5.45. The van der Waals surface area contributed by atoms with E-state index in [0.717, 1.165) is 18.1 Å². The molecule has 1 fully saturated rings. The van der Waals surface area contributed by atoms with Crippen molar-refractivity contribution in [2.45, 2.75) is 25.8 Å². The summed E-state index contributed by atoms with van der Waals surface area (Å²) in [6.45, 7) is 2.53. The van der Waals surface area contributed by atoms with Crippen LogP contribution in [0, 0.1) is 0 Å². The van der Waals surface area contributed by atoms with Crippen molar-refractivity contribution in [2.75, 3.05) is 28.7 Å². The van der Waals surface area contributed by atoms with Gasteiger partial charge in [0.25, 0.3) is 0 Å². The molecule has 112 valence electrons. The van der Waals surface area contributed by atoms with Gasteiger partial charge in [0.15, 0.2) is 0 Å². The molecule has 2 aromatic rings. The molecule has 8 nitrogen and oxygen atoms in total. The normalized spacial score (nSPS) is 15.0. The number of thiazole rings is 1. The van der Waals surface area contributed by atoms with E-state index in [1.807, 2.05) is 5.38 Å². The van der Waals surface area contributed by atoms with Crippen molar-refractivity contribution in [3.05, 3.63) is 16.6 Å². The summed E-state index contributed by atoms with van der Waals surface area (Å²) in [6, 6.07) is 0. The largest absolute Gasteiger partial charge is 0.348 e. The Hall–Kier alpha value is -2.00. The molecule has 2 aromatic heterocycles. The van der Waals surface area contributed by atoms with Crippen LogP contribution in [0.2, 0.25) is 0 Å². The lowest BCUT2D eigenvalue weighted by Gasteiger charge is -2.26. The van der Waals surface area contributed by atoms with Gasteiger partial charge in [0.2, 0.25) is 17.8 Å². The summed E-state index contributed by atoms with van der Waals surface area (Å²) in [6.07, 6.45) is 5.37. The van der Waals surface area contributed by atoms with Crippen LogP contribution in [-0.4, -0.2) is 33.0 Å². The standard InChI is InChI=1S/C12H18N8S/c13-19-11-16-10(15-8-9-14-4-7-21-9)17-12(18-11)20-5-2-1-3-6-20/h4,7H,1-3,5-6,8,13H2,(H2,15,16,17,18,19). The van der Waals surface area contributed by atoms with Crippen molar-refractivity contribution in [3.8, 4) is 0 Å². The van der Waals surface area contributed by atoms with E-state index in [0.29, 0.717) is 24.4 Å². The molecule has 1 aliphatic rings. The minimum atomic E-state index is 0.368. The summed E-state index contributed by atoms with van der Waals surface area (Å²) in [7, 11) is 0. The highest BCUT2D eigenvalue weighted by Gasteiger charge is 2.16. The molecule has 21 heavy (non-hydrogen) atoms. The average molecular weight is 306 g/mol. The van der Waals surface area contributed by atoms with Gasteiger partial charge in [-0.3, -0.25) is 5.43 Å². The van der Waals surface area contributed by atoms with Gasteiger partial charge in [-0.1, -0.05) is 0 Å². The number of aromatic nitrogens is 4. The lowest BCUT2D eigenvalue weighted by atomic mass is 10.1. The summed E-state index contributed by atoms with van der Waals surface area (Å²) in [5.74, 6) is 6.99. The van der Waals surface area contributed by atoms with E-state index in [1.54, 1.807) is 17.5 Å². The molecule has 0 aromatic carbocycles. The van der Waals surface area contributed by atoms with Crippen LogP contribution in [0.25, 0.3) is 0 Å². The molecule has 0 unspecified atom stereocenters. The molecule has 0 saturated carbocycles. The topological polar surface area (TPSA) is 105 Å². The molecule has 1 aliphatic heterocycles. The van der Waals surface area contributed by atoms with E-state index < -0.39 is 0 Å². The molecule has 0 spiro atoms. The highest BCUT2D eigenvalue weighted by Crippen LogP contribution is 2.18. The number of hydrazine groups is 1. The molecule has 0 aliphatic carbocycles. The first kappa shape index (κ1) is 14.0. The number of rotatable bonds is 5. The van der Waals surface area contributed by atoms with Crippen molar-refractivity contribution in [1.82, 2.24) is 19.9 Å². The number of nitrogens with two attached hydrogens (primary N) is 1. The van der Waals surface area contributed by atoms with Crippen LogP contribution in [0.4, 0.5) is 17.8 Å². The average Bonchev–Trinajstić information content (AvgIpc) is 3.07. The Kier molecular flexibility index (Phi) is 4.41. The molecule has 0 bridgehead atoms. The Bertz CT molecular complexity index is 567. The van der Waals surface area contributed by atoms with Gasteiger partial charge in [0.1, 0.15) is 5.01 Å². The van der Waals surface area contributed by atoms with Crippen LogP contribution in [0.3, 0.4) is 0 Å². The van der Waals surface area contributed by atoms with Gasteiger partial charge in [-0.05, 0) is 19.3 Å². The van der Waals surface area contributed by atoms with E-state index in [4.69, 9.17) is 5.84 Å². The van der Waals surface area contributed by atoms with E-state index in [9.17, 15) is 0 Å². The van der Waals surface area contributed by atoms with E-state index in [1.165, 1.54) is 19.3 Å². The predicted octanol–water partition coefficient (Wildman–Crippen LogP) is 1.22. The number of hydrogen-bond donors (Lipinski definition) is 3. The molecule has 1 saturated heterocycles. The lowest BCUT2D eigenvalue weighted by Crippen LogP contribution is -2.31.